The Morgan fingerprint density at radius 1 is 1.28 bits per heavy atom. The molecule has 18 heavy (non-hydrogen) atoms. The smallest absolute Gasteiger partial charge is 0.232 e. The lowest BCUT2D eigenvalue weighted by Gasteiger charge is -2.10. The van der Waals surface area contributed by atoms with Gasteiger partial charge in [0.2, 0.25) is 11.7 Å². The molecule has 0 bridgehead atoms. The topological polar surface area (TPSA) is 51.8 Å². The minimum Gasteiger partial charge on any atom is -0.338 e. The van der Waals surface area contributed by atoms with Crippen molar-refractivity contribution >= 4 is 11.8 Å². The van der Waals surface area contributed by atoms with E-state index in [1.807, 2.05) is 32.9 Å². The van der Waals surface area contributed by atoms with Crippen LogP contribution in [0.3, 0.4) is 0 Å². The molecular formula is C13H17N3OS. The van der Waals surface area contributed by atoms with Crippen LogP contribution in [0.2, 0.25) is 0 Å². The molecule has 0 saturated heterocycles. The fourth-order valence-corrected chi connectivity index (χ4v) is 1.98. The molecule has 0 atom stereocenters. The zero-order valence-electron chi connectivity index (χ0n) is 11.1. The summed E-state index contributed by atoms with van der Waals surface area (Å²) in [7, 11) is 0. The molecule has 5 heteroatoms. The third-order valence-electron chi connectivity index (χ3n) is 2.35. The minimum absolute atomic E-state index is 0.128. The molecule has 0 aliphatic heterocycles. The number of aromatic nitrogens is 3. The average Bonchev–Trinajstić information content (AvgIpc) is 2.79. The Balaban J connectivity index is 2.23. The van der Waals surface area contributed by atoms with E-state index in [0.29, 0.717) is 11.7 Å². The summed E-state index contributed by atoms with van der Waals surface area (Å²) in [4.78, 5) is 8.76. The fourth-order valence-electron chi connectivity index (χ4n) is 1.39. The Kier molecular flexibility index (Phi) is 3.71. The van der Waals surface area contributed by atoms with Gasteiger partial charge in [-0.05, 0) is 17.9 Å². The van der Waals surface area contributed by atoms with Gasteiger partial charge in [-0.3, -0.25) is 0 Å². The summed E-state index contributed by atoms with van der Waals surface area (Å²) >= 11 is 1.71. The van der Waals surface area contributed by atoms with E-state index >= 15 is 0 Å². The van der Waals surface area contributed by atoms with Crippen LogP contribution >= 0.6 is 11.8 Å². The molecule has 2 aromatic heterocycles. The zero-order chi connectivity index (χ0) is 13.2. The van der Waals surface area contributed by atoms with Crippen molar-refractivity contribution in [1.82, 2.24) is 15.1 Å². The van der Waals surface area contributed by atoms with Crippen LogP contribution in [0.25, 0.3) is 11.4 Å². The average molecular weight is 263 g/mol. The molecule has 96 valence electrons. The lowest BCUT2D eigenvalue weighted by atomic mass is 9.97. The number of thioether (sulfide) groups is 1. The SMILES string of the molecule is CCSc1ccc(-c2noc(C(C)(C)C)n2)cn1. The zero-order valence-corrected chi connectivity index (χ0v) is 11.9. The van der Waals surface area contributed by atoms with E-state index in [1.165, 1.54) is 0 Å². The van der Waals surface area contributed by atoms with Crippen LogP contribution in [0.1, 0.15) is 33.6 Å². The second-order valence-electron chi connectivity index (χ2n) is 4.99. The largest absolute Gasteiger partial charge is 0.338 e. The van der Waals surface area contributed by atoms with E-state index in [0.717, 1.165) is 16.3 Å². The van der Waals surface area contributed by atoms with Gasteiger partial charge in [-0.2, -0.15) is 4.98 Å². The summed E-state index contributed by atoms with van der Waals surface area (Å²) in [6.07, 6.45) is 1.79. The van der Waals surface area contributed by atoms with Crippen molar-refractivity contribution < 1.29 is 4.52 Å². The Bertz CT molecular complexity index is 514. The molecule has 0 aliphatic carbocycles. The highest BCUT2D eigenvalue weighted by atomic mass is 32.2. The van der Waals surface area contributed by atoms with Crippen LogP contribution in [-0.2, 0) is 5.41 Å². The van der Waals surface area contributed by atoms with Gasteiger partial charge in [0, 0.05) is 17.2 Å². The number of hydrogen-bond acceptors (Lipinski definition) is 5. The van der Waals surface area contributed by atoms with Gasteiger partial charge in [-0.25, -0.2) is 4.98 Å². The van der Waals surface area contributed by atoms with E-state index in [4.69, 9.17) is 4.52 Å². The lowest BCUT2D eigenvalue weighted by Crippen LogP contribution is -2.11. The van der Waals surface area contributed by atoms with Gasteiger partial charge in [0.1, 0.15) is 0 Å². The molecule has 0 amide bonds. The number of nitrogens with zero attached hydrogens (tertiary/aromatic N) is 3. The van der Waals surface area contributed by atoms with Crippen LogP contribution in [0.5, 0.6) is 0 Å². The molecule has 0 fully saturated rings. The molecule has 0 N–H and O–H groups in total. The third-order valence-corrected chi connectivity index (χ3v) is 3.18. The molecule has 4 nitrogen and oxygen atoms in total. The van der Waals surface area contributed by atoms with Crippen molar-refractivity contribution in [1.29, 1.82) is 0 Å². The summed E-state index contributed by atoms with van der Waals surface area (Å²) < 4.78 is 5.27. The van der Waals surface area contributed by atoms with Gasteiger partial charge < -0.3 is 4.52 Å². The molecular weight excluding hydrogens is 246 g/mol. The molecule has 0 saturated carbocycles. The van der Waals surface area contributed by atoms with Crippen molar-refractivity contribution in [3.63, 3.8) is 0 Å². The van der Waals surface area contributed by atoms with Gasteiger partial charge in [0.25, 0.3) is 0 Å². The van der Waals surface area contributed by atoms with Gasteiger partial charge in [0.15, 0.2) is 0 Å². The number of rotatable bonds is 3. The second-order valence-corrected chi connectivity index (χ2v) is 6.28. The Morgan fingerprint density at radius 2 is 2.06 bits per heavy atom. The van der Waals surface area contributed by atoms with Gasteiger partial charge in [-0.15, -0.1) is 11.8 Å². The lowest BCUT2D eigenvalue weighted by molar-refractivity contribution is 0.321. The Labute approximate surface area is 111 Å². The molecule has 0 spiro atoms. The fraction of sp³-hybridized carbons (Fsp3) is 0.462. The first-order chi connectivity index (χ1) is 8.50. The van der Waals surface area contributed by atoms with Crippen LogP contribution in [-0.4, -0.2) is 20.9 Å². The van der Waals surface area contributed by atoms with E-state index in [1.54, 1.807) is 18.0 Å². The van der Waals surface area contributed by atoms with Gasteiger partial charge in [0.05, 0.1) is 5.03 Å². The van der Waals surface area contributed by atoms with E-state index in [2.05, 4.69) is 22.0 Å². The first-order valence-electron chi connectivity index (χ1n) is 5.94. The number of hydrogen-bond donors (Lipinski definition) is 0. The van der Waals surface area contributed by atoms with Crippen molar-refractivity contribution in [2.75, 3.05) is 5.75 Å². The predicted octanol–water partition coefficient (Wildman–Crippen LogP) is 3.54. The maximum Gasteiger partial charge on any atom is 0.232 e. The Morgan fingerprint density at radius 3 is 2.56 bits per heavy atom. The van der Waals surface area contributed by atoms with Crippen molar-refractivity contribution in [3.05, 3.63) is 24.2 Å². The highest BCUT2D eigenvalue weighted by Gasteiger charge is 2.22. The molecule has 0 aliphatic rings. The minimum atomic E-state index is -0.128. The van der Waals surface area contributed by atoms with Crippen LogP contribution < -0.4 is 0 Å². The molecule has 2 rings (SSSR count). The summed E-state index contributed by atoms with van der Waals surface area (Å²) in [6, 6.07) is 3.96. The quantitative estimate of drug-likeness (QED) is 0.793. The Hall–Kier alpha value is -1.36. The molecule has 2 heterocycles. The summed E-state index contributed by atoms with van der Waals surface area (Å²) in [5.41, 5.74) is 0.756. The van der Waals surface area contributed by atoms with E-state index in [9.17, 15) is 0 Å². The van der Waals surface area contributed by atoms with Crippen molar-refractivity contribution in [3.8, 4) is 11.4 Å². The highest BCUT2D eigenvalue weighted by molar-refractivity contribution is 7.99. The first-order valence-corrected chi connectivity index (χ1v) is 6.92. The summed E-state index contributed by atoms with van der Waals surface area (Å²) in [5, 5.41) is 5.01. The van der Waals surface area contributed by atoms with Gasteiger partial charge in [-0.1, -0.05) is 32.9 Å². The second kappa shape index (κ2) is 5.10. The van der Waals surface area contributed by atoms with Crippen LogP contribution in [0.15, 0.2) is 27.9 Å². The van der Waals surface area contributed by atoms with Crippen molar-refractivity contribution in [2.24, 2.45) is 0 Å². The van der Waals surface area contributed by atoms with Crippen LogP contribution in [0.4, 0.5) is 0 Å². The molecule has 0 radical (unpaired) electrons. The van der Waals surface area contributed by atoms with Gasteiger partial charge >= 0.3 is 0 Å². The predicted molar refractivity (Wildman–Crippen MR) is 72.6 cm³/mol. The summed E-state index contributed by atoms with van der Waals surface area (Å²) in [6.45, 7) is 8.24. The highest BCUT2D eigenvalue weighted by Crippen LogP contribution is 2.24. The summed E-state index contributed by atoms with van der Waals surface area (Å²) in [5.74, 6) is 2.26. The maximum absolute atomic E-state index is 5.27. The molecule has 0 unspecified atom stereocenters. The first kappa shape index (κ1) is 13.1. The normalized spacial score (nSPS) is 11.8. The monoisotopic (exact) mass is 263 g/mol. The maximum atomic E-state index is 5.27. The standard InChI is InChI=1S/C13H17N3OS/c1-5-18-10-7-6-9(8-14-10)11-15-12(17-16-11)13(2,3)4/h6-8H,5H2,1-4H3. The number of pyridine rings is 1. The van der Waals surface area contributed by atoms with Crippen LogP contribution in [0, 0.1) is 0 Å². The van der Waals surface area contributed by atoms with E-state index in [-0.39, 0.29) is 5.41 Å². The molecule has 0 aromatic carbocycles. The molecule has 2 aromatic rings. The van der Waals surface area contributed by atoms with E-state index < -0.39 is 0 Å². The third kappa shape index (κ3) is 2.90. The van der Waals surface area contributed by atoms with Crippen molar-refractivity contribution in [2.45, 2.75) is 38.1 Å².